The molecule has 0 N–H and O–H groups in total. The molecule has 0 spiro atoms. The molecule has 2 aliphatic rings. The number of nitrogens with zero attached hydrogens (tertiary/aromatic N) is 2. The summed E-state index contributed by atoms with van der Waals surface area (Å²) in [7, 11) is 0. The predicted molar refractivity (Wildman–Crippen MR) is 112 cm³/mol. The first-order valence-electron chi connectivity index (χ1n) is 9.63. The van der Waals surface area contributed by atoms with Crippen molar-refractivity contribution in [1.82, 2.24) is 9.47 Å². The lowest BCUT2D eigenvalue weighted by atomic mass is 10.2. The van der Waals surface area contributed by atoms with E-state index in [1.165, 1.54) is 52.3 Å². The Bertz CT molecular complexity index is 979. The van der Waals surface area contributed by atoms with Crippen LogP contribution in [0.15, 0.2) is 52.3 Å². The second kappa shape index (κ2) is 7.08. The van der Waals surface area contributed by atoms with E-state index in [-0.39, 0.29) is 0 Å². The van der Waals surface area contributed by atoms with Crippen molar-refractivity contribution in [2.45, 2.75) is 35.6 Å². The lowest BCUT2D eigenvalue weighted by Crippen LogP contribution is -2.34. The maximum atomic E-state index is 6.43. The number of halogens is 1. The molecule has 1 unspecified atom stereocenters. The number of aromatic nitrogens is 1. The van der Waals surface area contributed by atoms with E-state index in [1.54, 1.807) is 0 Å². The molecule has 1 fully saturated rings. The molecule has 3 heterocycles. The zero-order valence-electron chi connectivity index (χ0n) is 15.5. The molecule has 1 saturated heterocycles. The molecule has 27 heavy (non-hydrogen) atoms. The Morgan fingerprint density at radius 1 is 1.15 bits per heavy atom. The summed E-state index contributed by atoms with van der Waals surface area (Å²) in [6.07, 6.45) is 2.63. The molecule has 0 amide bonds. The van der Waals surface area contributed by atoms with Crippen LogP contribution in [0, 0.1) is 6.92 Å². The molecular formula is C22H23ClN2OS. The fraction of sp³-hybridized carbons (Fsp3) is 0.364. The molecule has 2 aliphatic heterocycles. The molecule has 5 heteroatoms. The Morgan fingerprint density at radius 3 is 2.70 bits per heavy atom. The number of benzene rings is 2. The Hall–Kier alpha value is -1.62. The SMILES string of the molecule is Cc1c(Sc2ccccc2)c2cc(Cl)cc3c2n1C(CN1CCCC1)CO3. The number of hydrogen-bond acceptors (Lipinski definition) is 3. The van der Waals surface area contributed by atoms with Gasteiger partial charge in [-0.25, -0.2) is 0 Å². The van der Waals surface area contributed by atoms with Gasteiger partial charge in [-0.05, 0) is 51.1 Å². The van der Waals surface area contributed by atoms with Gasteiger partial charge in [0.2, 0.25) is 0 Å². The van der Waals surface area contributed by atoms with Crippen molar-refractivity contribution in [1.29, 1.82) is 0 Å². The fourth-order valence-corrected chi connectivity index (χ4v) is 5.68. The molecule has 3 nitrogen and oxygen atoms in total. The van der Waals surface area contributed by atoms with Gasteiger partial charge in [-0.15, -0.1) is 0 Å². The lowest BCUT2D eigenvalue weighted by Gasteiger charge is -2.31. The van der Waals surface area contributed by atoms with Crippen LogP contribution in [0.5, 0.6) is 5.75 Å². The zero-order valence-corrected chi connectivity index (χ0v) is 17.0. The Balaban J connectivity index is 1.62. The molecule has 0 bridgehead atoms. The smallest absolute Gasteiger partial charge is 0.145 e. The van der Waals surface area contributed by atoms with Crippen molar-refractivity contribution in [2.75, 3.05) is 26.2 Å². The van der Waals surface area contributed by atoms with E-state index in [1.807, 2.05) is 17.8 Å². The molecule has 0 radical (unpaired) electrons. The summed E-state index contributed by atoms with van der Waals surface area (Å²) in [5.74, 6) is 0.915. The summed E-state index contributed by atoms with van der Waals surface area (Å²) in [5, 5.41) is 1.94. The first-order valence-corrected chi connectivity index (χ1v) is 10.8. The summed E-state index contributed by atoms with van der Waals surface area (Å²) in [5.41, 5.74) is 2.51. The van der Waals surface area contributed by atoms with Crippen LogP contribution in [0.3, 0.4) is 0 Å². The second-order valence-corrected chi connectivity index (χ2v) is 8.99. The molecule has 5 rings (SSSR count). The molecule has 0 aliphatic carbocycles. The molecular weight excluding hydrogens is 376 g/mol. The molecule has 2 aromatic carbocycles. The van der Waals surface area contributed by atoms with Crippen molar-refractivity contribution < 1.29 is 4.74 Å². The highest BCUT2D eigenvalue weighted by Gasteiger charge is 2.30. The first kappa shape index (κ1) is 17.5. The van der Waals surface area contributed by atoms with Gasteiger partial charge in [-0.3, -0.25) is 0 Å². The van der Waals surface area contributed by atoms with Crippen molar-refractivity contribution in [3.8, 4) is 5.75 Å². The standard InChI is InChI=1S/C22H23ClN2OS/c1-15-22(27-18-7-3-2-4-8-18)19-11-16(23)12-20-21(19)25(15)17(14-26-20)13-24-9-5-6-10-24/h2-4,7-8,11-12,17H,5-6,9-10,13-14H2,1H3. The van der Waals surface area contributed by atoms with Crippen LogP contribution in [0.2, 0.25) is 5.02 Å². The fourth-order valence-electron chi connectivity index (χ4n) is 4.43. The minimum atomic E-state index is 0.351. The largest absolute Gasteiger partial charge is 0.489 e. The third-order valence-corrected chi connectivity index (χ3v) is 7.09. The van der Waals surface area contributed by atoms with Crippen molar-refractivity contribution in [3.05, 3.63) is 53.2 Å². The van der Waals surface area contributed by atoms with E-state index in [0.29, 0.717) is 12.6 Å². The van der Waals surface area contributed by atoms with E-state index in [2.05, 4.69) is 52.8 Å². The van der Waals surface area contributed by atoms with Crippen LogP contribution in [0.4, 0.5) is 0 Å². The van der Waals surface area contributed by atoms with Gasteiger partial charge in [0.05, 0.1) is 11.6 Å². The minimum Gasteiger partial charge on any atom is -0.489 e. The summed E-state index contributed by atoms with van der Waals surface area (Å²) >= 11 is 8.25. The van der Waals surface area contributed by atoms with Crippen LogP contribution in [-0.4, -0.2) is 35.7 Å². The van der Waals surface area contributed by atoms with Crippen LogP contribution in [0.25, 0.3) is 10.9 Å². The first-order chi connectivity index (χ1) is 13.2. The van der Waals surface area contributed by atoms with Gasteiger partial charge in [-0.2, -0.15) is 0 Å². The van der Waals surface area contributed by atoms with Crippen LogP contribution in [-0.2, 0) is 0 Å². The van der Waals surface area contributed by atoms with E-state index in [0.717, 1.165) is 17.3 Å². The van der Waals surface area contributed by atoms with Crippen molar-refractivity contribution in [3.63, 3.8) is 0 Å². The third-order valence-electron chi connectivity index (χ3n) is 5.64. The molecule has 1 aromatic heterocycles. The number of likely N-dealkylation sites (tertiary alicyclic amines) is 1. The monoisotopic (exact) mass is 398 g/mol. The van der Waals surface area contributed by atoms with Gasteiger partial charge in [0.15, 0.2) is 0 Å². The van der Waals surface area contributed by atoms with Crippen LogP contribution >= 0.6 is 23.4 Å². The second-order valence-electron chi connectivity index (χ2n) is 7.47. The molecule has 1 atom stereocenters. The Morgan fingerprint density at radius 2 is 1.93 bits per heavy atom. The van der Waals surface area contributed by atoms with Gasteiger partial charge in [0, 0.05) is 38.5 Å². The maximum Gasteiger partial charge on any atom is 0.145 e. The van der Waals surface area contributed by atoms with Gasteiger partial charge in [-0.1, -0.05) is 41.6 Å². The predicted octanol–water partition coefficient (Wildman–Crippen LogP) is 5.78. The molecule has 3 aromatic rings. The Labute approximate surface area is 169 Å². The maximum absolute atomic E-state index is 6.43. The van der Waals surface area contributed by atoms with Crippen molar-refractivity contribution in [2.24, 2.45) is 0 Å². The molecule has 0 saturated carbocycles. The third kappa shape index (κ3) is 3.14. The van der Waals surface area contributed by atoms with Gasteiger partial charge < -0.3 is 14.2 Å². The highest BCUT2D eigenvalue weighted by molar-refractivity contribution is 7.99. The van der Waals surface area contributed by atoms with Gasteiger partial charge >= 0.3 is 0 Å². The summed E-state index contributed by atoms with van der Waals surface area (Å²) in [6, 6.07) is 15.0. The summed E-state index contributed by atoms with van der Waals surface area (Å²) in [4.78, 5) is 5.11. The van der Waals surface area contributed by atoms with E-state index in [4.69, 9.17) is 16.3 Å². The normalized spacial score (nSPS) is 19.6. The Kier molecular flexibility index (Phi) is 4.58. The van der Waals surface area contributed by atoms with Gasteiger partial charge in [0.25, 0.3) is 0 Å². The van der Waals surface area contributed by atoms with Crippen molar-refractivity contribution >= 4 is 34.3 Å². The topological polar surface area (TPSA) is 17.4 Å². The van der Waals surface area contributed by atoms with Crippen LogP contribution < -0.4 is 4.74 Å². The highest BCUT2D eigenvalue weighted by Crippen LogP contribution is 2.46. The number of ether oxygens (including phenoxy) is 1. The quantitative estimate of drug-likeness (QED) is 0.554. The summed E-state index contributed by atoms with van der Waals surface area (Å²) < 4.78 is 8.68. The van der Waals surface area contributed by atoms with E-state index < -0.39 is 0 Å². The van der Waals surface area contributed by atoms with E-state index in [9.17, 15) is 0 Å². The zero-order chi connectivity index (χ0) is 18.4. The number of hydrogen-bond donors (Lipinski definition) is 0. The summed E-state index contributed by atoms with van der Waals surface area (Å²) in [6.45, 7) is 6.43. The highest BCUT2D eigenvalue weighted by atomic mass is 35.5. The van der Waals surface area contributed by atoms with Gasteiger partial charge in [0.1, 0.15) is 12.4 Å². The van der Waals surface area contributed by atoms with Crippen LogP contribution in [0.1, 0.15) is 24.6 Å². The number of rotatable bonds is 4. The average Bonchev–Trinajstić information content (AvgIpc) is 3.27. The minimum absolute atomic E-state index is 0.351. The molecule has 140 valence electrons. The lowest BCUT2D eigenvalue weighted by molar-refractivity contribution is 0.186. The van der Waals surface area contributed by atoms with E-state index >= 15 is 0 Å². The average molecular weight is 399 g/mol.